The Hall–Kier alpha value is -2.19. The van der Waals surface area contributed by atoms with Crippen molar-refractivity contribution < 1.29 is 9.21 Å². The molecule has 0 bridgehead atoms. The van der Waals surface area contributed by atoms with Crippen LogP contribution in [0, 0.1) is 0 Å². The molecule has 0 N–H and O–H groups in total. The van der Waals surface area contributed by atoms with Crippen LogP contribution in [0.4, 0.5) is 10.8 Å². The van der Waals surface area contributed by atoms with E-state index in [1.54, 1.807) is 11.8 Å². The molecular formula is C20H24N4O2S2. The molecule has 0 radical (unpaired) electrons. The summed E-state index contributed by atoms with van der Waals surface area (Å²) >= 11 is 2.89. The summed E-state index contributed by atoms with van der Waals surface area (Å²) in [5.74, 6) is 1.15. The molecule has 3 rings (SSSR count). The molecule has 8 heteroatoms. The van der Waals surface area contributed by atoms with E-state index in [9.17, 15) is 4.79 Å². The fourth-order valence-corrected chi connectivity index (χ4v) is 4.13. The van der Waals surface area contributed by atoms with Crippen LogP contribution in [0.3, 0.4) is 0 Å². The van der Waals surface area contributed by atoms with E-state index in [1.807, 2.05) is 50.4 Å². The number of thioether (sulfide) groups is 1. The first-order valence-electron chi connectivity index (χ1n) is 9.08. The van der Waals surface area contributed by atoms with E-state index < -0.39 is 0 Å². The molecule has 0 fully saturated rings. The summed E-state index contributed by atoms with van der Waals surface area (Å²) in [5.41, 5.74) is 2.76. The fourth-order valence-electron chi connectivity index (χ4n) is 2.48. The third-order valence-electron chi connectivity index (χ3n) is 4.04. The molecule has 0 aliphatic carbocycles. The molecule has 2 aromatic heterocycles. The van der Waals surface area contributed by atoms with Gasteiger partial charge in [-0.25, -0.2) is 4.98 Å². The number of amides is 1. The maximum absolute atomic E-state index is 12.2. The average Bonchev–Trinajstić information content (AvgIpc) is 3.30. The quantitative estimate of drug-likeness (QED) is 0.504. The molecule has 0 atom stereocenters. The number of aromatic nitrogens is 3. The van der Waals surface area contributed by atoms with Crippen molar-refractivity contribution in [1.29, 1.82) is 0 Å². The molecule has 1 aromatic carbocycles. The van der Waals surface area contributed by atoms with Gasteiger partial charge in [0.2, 0.25) is 11.8 Å². The number of thiazole rings is 1. The van der Waals surface area contributed by atoms with Crippen LogP contribution in [0.15, 0.2) is 39.3 Å². The second-order valence-electron chi connectivity index (χ2n) is 7.41. The monoisotopic (exact) mass is 416 g/mol. The number of nitrogens with zero attached hydrogens (tertiary/aromatic N) is 4. The topological polar surface area (TPSA) is 72.1 Å². The minimum absolute atomic E-state index is 0.0653. The highest BCUT2D eigenvalue weighted by molar-refractivity contribution is 7.98. The number of rotatable bonds is 6. The van der Waals surface area contributed by atoms with Gasteiger partial charge in [-0.3, -0.25) is 9.69 Å². The zero-order chi connectivity index (χ0) is 20.3. The second kappa shape index (κ2) is 8.45. The van der Waals surface area contributed by atoms with Crippen LogP contribution in [0.1, 0.15) is 51.8 Å². The maximum Gasteiger partial charge on any atom is 0.276 e. The molecular weight excluding hydrogens is 392 g/mol. The highest BCUT2D eigenvalue weighted by Crippen LogP contribution is 2.32. The normalized spacial score (nSPS) is 11.6. The number of hydrogen-bond donors (Lipinski definition) is 0. The number of carbonyl (C=O) groups excluding carboxylic acids is 1. The van der Waals surface area contributed by atoms with Gasteiger partial charge in [-0.1, -0.05) is 51.6 Å². The Bertz CT molecular complexity index is 942. The maximum atomic E-state index is 12.2. The zero-order valence-corrected chi connectivity index (χ0v) is 18.4. The molecule has 148 valence electrons. The van der Waals surface area contributed by atoms with E-state index in [0.29, 0.717) is 22.0 Å². The van der Waals surface area contributed by atoms with Gasteiger partial charge in [0.1, 0.15) is 0 Å². The summed E-state index contributed by atoms with van der Waals surface area (Å²) < 4.78 is 5.71. The largest absolute Gasteiger partial charge is 0.415 e. The van der Waals surface area contributed by atoms with Gasteiger partial charge in [-0.2, -0.15) is 0 Å². The molecule has 0 unspecified atom stereocenters. The lowest BCUT2D eigenvalue weighted by molar-refractivity contribution is -0.115. The second-order valence-corrected chi connectivity index (χ2v) is 9.17. The van der Waals surface area contributed by atoms with Gasteiger partial charge in [-0.05, 0) is 24.1 Å². The van der Waals surface area contributed by atoms with Crippen LogP contribution in [0.5, 0.6) is 0 Å². The molecule has 0 saturated heterocycles. The lowest BCUT2D eigenvalue weighted by Crippen LogP contribution is -2.22. The first-order valence-corrected chi connectivity index (χ1v) is 10.9. The molecule has 0 aliphatic heterocycles. The number of carbonyl (C=O) groups is 1. The minimum atomic E-state index is -0.172. The highest BCUT2D eigenvalue weighted by Gasteiger charge is 2.22. The summed E-state index contributed by atoms with van der Waals surface area (Å²) in [6, 6.07) is 8.00. The summed E-state index contributed by atoms with van der Waals surface area (Å²) in [6.45, 7) is 9.76. The average molecular weight is 417 g/mol. The van der Waals surface area contributed by atoms with Gasteiger partial charge in [0.05, 0.1) is 11.4 Å². The Morgan fingerprint density at radius 3 is 2.50 bits per heavy atom. The lowest BCUT2D eigenvalue weighted by Gasteiger charge is -2.18. The highest BCUT2D eigenvalue weighted by atomic mass is 32.2. The van der Waals surface area contributed by atoms with Gasteiger partial charge in [-0.15, -0.1) is 21.5 Å². The first kappa shape index (κ1) is 20.5. The Morgan fingerprint density at radius 1 is 1.21 bits per heavy atom. The van der Waals surface area contributed by atoms with Crippen LogP contribution in [-0.2, 0) is 22.4 Å². The standard InChI is InChI=1S/C20H24N4O2S2/c1-6-14-7-9-16(10-8-14)24(13(2)25)18-21-15(11-27-18)12-28-19-23-22-17(26-19)20(3,4)5/h7-11H,6,12H2,1-5H3. The van der Waals surface area contributed by atoms with Crippen molar-refractivity contribution >= 4 is 39.8 Å². The van der Waals surface area contributed by atoms with Gasteiger partial charge < -0.3 is 4.42 Å². The molecule has 0 spiro atoms. The molecule has 3 aromatic rings. The van der Waals surface area contributed by atoms with Crippen molar-refractivity contribution in [3.63, 3.8) is 0 Å². The summed E-state index contributed by atoms with van der Waals surface area (Å²) in [4.78, 5) is 18.5. The summed E-state index contributed by atoms with van der Waals surface area (Å²) in [6.07, 6.45) is 0.964. The SMILES string of the molecule is CCc1ccc(N(C(C)=O)c2nc(CSc3nnc(C(C)(C)C)o3)cs2)cc1. The van der Waals surface area contributed by atoms with E-state index in [2.05, 4.69) is 22.1 Å². The minimum Gasteiger partial charge on any atom is -0.415 e. The Morgan fingerprint density at radius 2 is 1.93 bits per heavy atom. The van der Waals surface area contributed by atoms with E-state index in [4.69, 9.17) is 4.42 Å². The third-order valence-corrected chi connectivity index (χ3v) is 5.77. The zero-order valence-electron chi connectivity index (χ0n) is 16.7. The van der Waals surface area contributed by atoms with E-state index in [1.165, 1.54) is 28.7 Å². The van der Waals surface area contributed by atoms with E-state index in [0.717, 1.165) is 17.8 Å². The van der Waals surface area contributed by atoms with Crippen LogP contribution in [0.2, 0.25) is 0 Å². The molecule has 1 amide bonds. The van der Waals surface area contributed by atoms with Crippen LogP contribution in [0.25, 0.3) is 0 Å². The fraction of sp³-hybridized carbons (Fsp3) is 0.400. The third kappa shape index (κ3) is 4.80. The van der Waals surface area contributed by atoms with Crippen molar-refractivity contribution in [2.75, 3.05) is 4.90 Å². The van der Waals surface area contributed by atoms with Crippen LogP contribution in [-0.4, -0.2) is 21.1 Å². The summed E-state index contributed by atoms with van der Waals surface area (Å²) in [5, 5.41) is 11.3. The molecule has 2 heterocycles. The van der Waals surface area contributed by atoms with Gasteiger partial charge in [0.25, 0.3) is 5.22 Å². The van der Waals surface area contributed by atoms with Crippen molar-refractivity contribution in [3.05, 3.63) is 46.8 Å². The van der Waals surface area contributed by atoms with Crippen LogP contribution >= 0.6 is 23.1 Å². The Kier molecular flexibility index (Phi) is 6.20. The van der Waals surface area contributed by atoms with Gasteiger partial charge in [0, 0.05) is 23.5 Å². The van der Waals surface area contributed by atoms with Gasteiger partial charge in [0.15, 0.2) is 5.13 Å². The van der Waals surface area contributed by atoms with Gasteiger partial charge >= 0.3 is 0 Å². The Labute approximate surface area is 173 Å². The molecule has 28 heavy (non-hydrogen) atoms. The summed E-state index contributed by atoms with van der Waals surface area (Å²) in [7, 11) is 0. The lowest BCUT2D eigenvalue weighted by atomic mass is 9.97. The molecule has 0 saturated carbocycles. The predicted molar refractivity (Wildman–Crippen MR) is 113 cm³/mol. The smallest absolute Gasteiger partial charge is 0.276 e. The number of hydrogen-bond acceptors (Lipinski definition) is 7. The van der Waals surface area contributed by atoms with Crippen molar-refractivity contribution in [1.82, 2.24) is 15.2 Å². The predicted octanol–water partition coefficient (Wildman–Crippen LogP) is 5.36. The van der Waals surface area contributed by atoms with Crippen molar-refractivity contribution in [3.8, 4) is 0 Å². The van der Waals surface area contributed by atoms with Crippen LogP contribution < -0.4 is 4.90 Å². The van der Waals surface area contributed by atoms with Crippen molar-refractivity contribution in [2.24, 2.45) is 0 Å². The first-order chi connectivity index (χ1) is 13.3. The van der Waals surface area contributed by atoms with E-state index >= 15 is 0 Å². The molecule has 6 nitrogen and oxygen atoms in total. The number of anilines is 2. The Balaban J connectivity index is 1.72. The number of benzene rings is 1. The molecule has 0 aliphatic rings. The van der Waals surface area contributed by atoms with E-state index in [-0.39, 0.29) is 11.3 Å². The number of aryl methyl sites for hydroxylation is 1. The van der Waals surface area contributed by atoms with Crippen molar-refractivity contribution in [2.45, 2.75) is 57.4 Å².